The van der Waals surface area contributed by atoms with E-state index in [1.807, 2.05) is 6.07 Å². The maximum Gasteiger partial charge on any atom is 0.258 e. The number of benzene rings is 2. The summed E-state index contributed by atoms with van der Waals surface area (Å²) in [4.78, 5) is 11.7. The fourth-order valence-corrected chi connectivity index (χ4v) is 1.78. The van der Waals surface area contributed by atoms with Crippen molar-refractivity contribution in [2.24, 2.45) is 0 Å². The molecule has 0 bridgehead atoms. The van der Waals surface area contributed by atoms with Gasteiger partial charge in [-0.25, -0.2) is 4.39 Å². The predicted octanol–water partition coefficient (Wildman–Crippen LogP) is 2.38. The van der Waals surface area contributed by atoms with Crippen molar-refractivity contribution in [3.05, 3.63) is 59.9 Å². The van der Waals surface area contributed by atoms with E-state index >= 15 is 0 Å². The lowest BCUT2D eigenvalue weighted by molar-refractivity contribution is -0.122. The van der Waals surface area contributed by atoms with Crippen LogP contribution in [0, 0.1) is 17.7 Å². The van der Waals surface area contributed by atoms with Crippen molar-refractivity contribution in [2.75, 3.05) is 20.3 Å². The first kappa shape index (κ1) is 16.4. The molecule has 0 atom stereocenters. The third kappa shape index (κ3) is 5.04. The highest BCUT2D eigenvalue weighted by Crippen LogP contribution is 2.25. The molecule has 0 aliphatic heterocycles. The van der Waals surface area contributed by atoms with Gasteiger partial charge in [0.2, 0.25) is 0 Å². The molecule has 0 saturated heterocycles. The van der Waals surface area contributed by atoms with Crippen LogP contribution >= 0.6 is 0 Å². The fourth-order valence-electron chi connectivity index (χ4n) is 1.78. The predicted molar refractivity (Wildman–Crippen MR) is 84.8 cm³/mol. The van der Waals surface area contributed by atoms with Crippen molar-refractivity contribution < 1.29 is 18.7 Å². The molecular formula is C18H16FNO3. The van der Waals surface area contributed by atoms with Crippen LogP contribution in [0.1, 0.15) is 5.56 Å². The number of halogens is 1. The topological polar surface area (TPSA) is 47.6 Å². The van der Waals surface area contributed by atoms with Crippen LogP contribution in [0.5, 0.6) is 11.5 Å². The molecule has 0 aliphatic carbocycles. The average Bonchev–Trinajstić information content (AvgIpc) is 2.58. The van der Waals surface area contributed by atoms with E-state index in [1.165, 1.54) is 13.2 Å². The molecule has 1 amide bonds. The number of amides is 1. The Labute approximate surface area is 134 Å². The summed E-state index contributed by atoms with van der Waals surface area (Å²) in [5.41, 5.74) is 0.298. The Morgan fingerprint density at radius 3 is 2.57 bits per heavy atom. The number of carbonyl (C=O) groups is 1. The van der Waals surface area contributed by atoms with E-state index in [-0.39, 0.29) is 24.9 Å². The zero-order valence-electron chi connectivity index (χ0n) is 12.6. The second-order valence-electron chi connectivity index (χ2n) is 4.50. The van der Waals surface area contributed by atoms with Crippen molar-refractivity contribution in [1.29, 1.82) is 0 Å². The molecule has 2 rings (SSSR count). The summed E-state index contributed by atoms with van der Waals surface area (Å²) in [5, 5.41) is 2.58. The highest BCUT2D eigenvalue weighted by atomic mass is 19.1. The Morgan fingerprint density at radius 1 is 1.13 bits per heavy atom. The summed E-state index contributed by atoms with van der Waals surface area (Å²) in [7, 11) is 1.53. The third-order valence-corrected chi connectivity index (χ3v) is 2.90. The molecule has 0 aliphatic rings. The van der Waals surface area contributed by atoms with E-state index < -0.39 is 0 Å². The van der Waals surface area contributed by atoms with Crippen LogP contribution in [0.4, 0.5) is 4.39 Å². The molecule has 118 valence electrons. The molecule has 0 aromatic heterocycles. The van der Waals surface area contributed by atoms with E-state index in [0.717, 1.165) is 0 Å². The highest BCUT2D eigenvalue weighted by molar-refractivity contribution is 5.77. The van der Waals surface area contributed by atoms with Crippen LogP contribution in [0.25, 0.3) is 0 Å². The zero-order valence-corrected chi connectivity index (χ0v) is 12.6. The number of rotatable bonds is 5. The smallest absolute Gasteiger partial charge is 0.258 e. The second-order valence-corrected chi connectivity index (χ2v) is 4.50. The Kier molecular flexibility index (Phi) is 6.01. The van der Waals surface area contributed by atoms with Crippen molar-refractivity contribution in [2.45, 2.75) is 0 Å². The van der Waals surface area contributed by atoms with Gasteiger partial charge in [0.15, 0.2) is 18.1 Å². The lowest BCUT2D eigenvalue weighted by Crippen LogP contribution is -2.29. The zero-order chi connectivity index (χ0) is 16.5. The minimum Gasteiger partial charge on any atom is -0.493 e. The van der Waals surface area contributed by atoms with Gasteiger partial charge in [-0.05, 0) is 24.3 Å². The summed E-state index contributed by atoms with van der Waals surface area (Å²) in [5.74, 6) is 5.69. The summed E-state index contributed by atoms with van der Waals surface area (Å²) < 4.78 is 23.8. The summed E-state index contributed by atoms with van der Waals surface area (Å²) >= 11 is 0. The van der Waals surface area contributed by atoms with Crippen LogP contribution in [0.3, 0.4) is 0 Å². The monoisotopic (exact) mass is 313 g/mol. The number of ether oxygens (including phenoxy) is 2. The van der Waals surface area contributed by atoms with Gasteiger partial charge in [0.25, 0.3) is 5.91 Å². The number of para-hydroxylation sites is 2. The molecule has 0 fully saturated rings. The molecule has 2 aromatic rings. The van der Waals surface area contributed by atoms with Crippen molar-refractivity contribution >= 4 is 5.91 Å². The van der Waals surface area contributed by atoms with Crippen molar-refractivity contribution in [3.8, 4) is 23.3 Å². The molecule has 0 heterocycles. The number of hydrogen-bond donors (Lipinski definition) is 1. The summed E-state index contributed by atoms with van der Waals surface area (Å²) in [6.07, 6.45) is 0. The van der Waals surface area contributed by atoms with Gasteiger partial charge in [0, 0.05) is 0 Å². The van der Waals surface area contributed by atoms with Crippen molar-refractivity contribution in [1.82, 2.24) is 5.32 Å². The van der Waals surface area contributed by atoms with Crippen LogP contribution < -0.4 is 14.8 Å². The van der Waals surface area contributed by atoms with Gasteiger partial charge in [0.05, 0.1) is 19.2 Å². The van der Waals surface area contributed by atoms with Gasteiger partial charge < -0.3 is 14.8 Å². The fraction of sp³-hybridized carbons (Fsp3) is 0.167. The van der Waals surface area contributed by atoms with E-state index in [0.29, 0.717) is 17.1 Å². The third-order valence-electron chi connectivity index (χ3n) is 2.90. The van der Waals surface area contributed by atoms with E-state index in [1.54, 1.807) is 36.4 Å². The highest BCUT2D eigenvalue weighted by Gasteiger charge is 2.05. The lowest BCUT2D eigenvalue weighted by atomic mass is 10.2. The van der Waals surface area contributed by atoms with Gasteiger partial charge in [-0.3, -0.25) is 4.79 Å². The molecule has 0 unspecified atom stereocenters. The largest absolute Gasteiger partial charge is 0.493 e. The van der Waals surface area contributed by atoms with Gasteiger partial charge in [-0.15, -0.1) is 0 Å². The molecule has 0 radical (unpaired) electrons. The molecule has 4 nitrogen and oxygen atoms in total. The molecule has 23 heavy (non-hydrogen) atoms. The van der Waals surface area contributed by atoms with Gasteiger partial charge in [-0.1, -0.05) is 36.1 Å². The first-order chi connectivity index (χ1) is 11.2. The summed E-state index contributed by atoms with van der Waals surface area (Å²) in [6.45, 7) is -0.0375. The number of methoxy groups -OCH3 is 1. The Hall–Kier alpha value is -3.00. The van der Waals surface area contributed by atoms with Crippen LogP contribution in [-0.4, -0.2) is 26.2 Å². The van der Waals surface area contributed by atoms with E-state index in [2.05, 4.69) is 17.2 Å². The quantitative estimate of drug-likeness (QED) is 0.862. The first-order valence-corrected chi connectivity index (χ1v) is 6.96. The maximum atomic E-state index is 13.3. The van der Waals surface area contributed by atoms with Gasteiger partial charge in [-0.2, -0.15) is 0 Å². The molecule has 0 saturated carbocycles. The second kappa shape index (κ2) is 8.44. The molecule has 2 aromatic carbocycles. The molecule has 1 N–H and O–H groups in total. The van der Waals surface area contributed by atoms with Gasteiger partial charge in [0.1, 0.15) is 5.82 Å². The Bertz CT molecular complexity index is 734. The molecule has 5 heteroatoms. The number of carbonyl (C=O) groups excluding carboxylic acids is 1. The van der Waals surface area contributed by atoms with Crippen molar-refractivity contribution in [3.63, 3.8) is 0 Å². The first-order valence-electron chi connectivity index (χ1n) is 6.96. The van der Waals surface area contributed by atoms with Crippen LogP contribution in [0.15, 0.2) is 48.5 Å². The number of nitrogens with one attached hydrogen (secondary N) is 1. The Balaban J connectivity index is 1.79. The van der Waals surface area contributed by atoms with Gasteiger partial charge >= 0.3 is 0 Å². The minimum atomic E-state index is -0.383. The van der Waals surface area contributed by atoms with E-state index in [9.17, 15) is 9.18 Å². The van der Waals surface area contributed by atoms with Crippen LogP contribution in [0.2, 0.25) is 0 Å². The number of hydrogen-bond acceptors (Lipinski definition) is 3. The molecule has 0 spiro atoms. The average molecular weight is 313 g/mol. The molecular weight excluding hydrogens is 297 g/mol. The minimum absolute atomic E-state index is 0.114. The SMILES string of the molecule is COc1ccccc1OCC(=O)NCC#Cc1ccccc1F. The normalized spacial score (nSPS) is 9.48. The Morgan fingerprint density at radius 2 is 1.83 bits per heavy atom. The summed E-state index contributed by atoms with van der Waals surface area (Å²) in [6, 6.07) is 13.3. The standard InChI is InChI=1S/C18H16FNO3/c1-22-16-10-4-5-11-17(16)23-13-18(21)20-12-6-8-14-7-2-3-9-15(14)19/h2-5,7,9-11H,12-13H2,1H3,(H,20,21). The maximum absolute atomic E-state index is 13.3. The van der Waals surface area contributed by atoms with E-state index in [4.69, 9.17) is 9.47 Å². The lowest BCUT2D eigenvalue weighted by Gasteiger charge is -2.09. The van der Waals surface area contributed by atoms with Crippen LogP contribution in [-0.2, 0) is 4.79 Å².